The highest BCUT2D eigenvalue weighted by molar-refractivity contribution is 4.85. The molecule has 0 aromatic carbocycles. The van der Waals surface area contributed by atoms with Crippen LogP contribution in [0.15, 0.2) is 0 Å². The Morgan fingerprint density at radius 2 is 2.06 bits per heavy atom. The summed E-state index contributed by atoms with van der Waals surface area (Å²) in [7, 11) is 0. The lowest BCUT2D eigenvalue weighted by molar-refractivity contribution is 0.142. The molecule has 0 spiro atoms. The van der Waals surface area contributed by atoms with Crippen LogP contribution in [0, 0.1) is 5.41 Å². The summed E-state index contributed by atoms with van der Waals surface area (Å²) in [5.74, 6) is 0. The number of hydrogen-bond donors (Lipinski definition) is 1. The fourth-order valence-corrected chi connectivity index (χ4v) is 2.78. The fraction of sp³-hybridized carbons (Fsp3) is 1.00. The predicted octanol–water partition coefficient (Wildman–Crippen LogP) is 2.89. The average molecular weight is 226 g/mol. The first-order valence-corrected chi connectivity index (χ1v) is 7.10. The van der Waals surface area contributed by atoms with Crippen LogP contribution in [0.3, 0.4) is 0 Å². The van der Waals surface area contributed by atoms with Crippen LogP contribution in [0.5, 0.6) is 0 Å². The van der Waals surface area contributed by atoms with E-state index in [2.05, 4.69) is 37.9 Å². The zero-order chi connectivity index (χ0) is 12.0. The van der Waals surface area contributed by atoms with Gasteiger partial charge >= 0.3 is 0 Å². The molecular formula is C14H30N2. The third kappa shape index (κ3) is 3.74. The van der Waals surface area contributed by atoms with E-state index in [1.54, 1.807) is 0 Å². The molecule has 0 amide bonds. The zero-order valence-corrected chi connectivity index (χ0v) is 11.7. The van der Waals surface area contributed by atoms with Gasteiger partial charge in [-0.25, -0.2) is 0 Å². The summed E-state index contributed by atoms with van der Waals surface area (Å²) in [5.41, 5.74) is 0.452. The maximum Gasteiger partial charge on any atom is 0.00933 e. The van der Waals surface area contributed by atoms with E-state index in [9.17, 15) is 0 Å². The van der Waals surface area contributed by atoms with Crippen molar-refractivity contribution in [3.63, 3.8) is 0 Å². The van der Waals surface area contributed by atoms with Crippen LogP contribution < -0.4 is 5.32 Å². The van der Waals surface area contributed by atoms with Crippen molar-refractivity contribution in [2.45, 2.75) is 59.4 Å². The fourth-order valence-electron chi connectivity index (χ4n) is 2.78. The third-order valence-electron chi connectivity index (χ3n) is 4.21. The number of rotatable bonds is 7. The second-order valence-electron chi connectivity index (χ2n) is 5.62. The molecule has 0 saturated carbocycles. The van der Waals surface area contributed by atoms with Crippen molar-refractivity contribution in [1.29, 1.82) is 0 Å². The van der Waals surface area contributed by atoms with Gasteiger partial charge in [-0.05, 0) is 44.2 Å². The maximum absolute atomic E-state index is 3.52. The molecule has 0 aromatic rings. The molecule has 0 aromatic heterocycles. The van der Waals surface area contributed by atoms with Gasteiger partial charge in [0.2, 0.25) is 0 Å². The van der Waals surface area contributed by atoms with Gasteiger partial charge in [-0.3, -0.25) is 4.90 Å². The van der Waals surface area contributed by atoms with Gasteiger partial charge in [-0.1, -0.05) is 27.7 Å². The molecule has 0 aliphatic carbocycles. The first-order chi connectivity index (χ1) is 7.65. The van der Waals surface area contributed by atoms with E-state index >= 15 is 0 Å². The Kier molecular flexibility index (Phi) is 5.77. The van der Waals surface area contributed by atoms with Gasteiger partial charge < -0.3 is 5.32 Å². The Balaban J connectivity index is 2.47. The van der Waals surface area contributed by atoms with Crippen LogP contribution in [-0.4, -0.2) is 37.1 Å². The van der Waals surface area contributed by atoms with Crippen LogP contribution in [0.25, 0.3) is 0 Å². The Morgan fingerprint density at radius 3 is 2.62 bits per heavy atom. The average Bonchev–Trinajstić information content (AvgIpc) is 2.73. The summed E-state index contributed by atoms with van der Waals surface area (Å²) in [5, 5.41) is 3.52. The molecule has 2 heteroatoms. The zero-order valence-electron chi connectivity index (χ0n) is 11.7. The minimum Gasteiger partial charge on any atom is -0.316 e. The van der Waals surface area contributed by atoms with Crippen LogP contribution in [0.4, 0.5) is 0 Å². The van der Waals surface area contributed by atoms with E-state index < -0.39 is 0 Å². The second kappa shape index (κ2) is 6.61. The van der Waals surface area contributed by atoms with Crippen LogP contribution in [0.1, 0.15) is 53.4 Å². The first-order valence-electron chi connectivity index (χ1n) is 7.10. The maximum atomic E-state index is 3.52. The molecule has 2 unspecified atom stereocenters. The molecule has 1 saturated heterocycles. The predicted molar refractivity (Wildman–Crippen MR) is 71.8 cm³/mol. The van der Waals surface area contributed by atoms with E-state index in [4.69, 9.17) is 0 Å². The number of hydrogen-bond acceptors (Lipinski definition) is 2. The Labute approximate surface area is 102 Å². The van der Waals surface area contributed by atoms with Crippen molar-refractivity contribution in [2.75, 3.05) is 26.2 Å². The second-order valence-corrected chi connectivity index (χ2v) is 5.62. The molecular weight excluding hydrogens is 196 g/mol. The molecule has 1 rings (SSSR count). The summed E-state index contributed by atoms with van der Waals surface area (Å²) in [4.78, 5) is 2.72. The van der Waals surface area contributed by atoms with Crippen LogP contribution >= 0.6 is 0 Å². The minimum atomic E-state index is 0.452. The summed E-state index contributed by atoms with van der Waals surface area (Å²) in [6.07, 6.45) is 5.41. The lowest BCUT2D eigenvalue weighted by Crippen LogP contribution is -2.43. The van der Waals surface area contributed by atoms with Gasteiger partial charge in [-0.2, -0.15) is 0 Å². The summed E-state index contributed by atoms with van der Waals surface area (Å²) in [6.45, 7) is 14.1. The SMILES string of the molecule is CCNCC(C)(CC)CN1CCCC1CC. The van der Waals surface area contributed by atoms with Gasteiger partial charge in [0.15, 0.2) is 0 Å². The first kappa shape index (κ1) is 14.0. The molecule has 16 heavy (non-hydrogen) atoms. The summed E-state index contributed by atoms with van der Waals surface area (Å²) >= 11 is 0. The van der Waals surface area contributed by atoms with Gasteiger partial charge in [0.05, 0.1) is 0 Å². The molecule has 1 aliphatic rings. The van der Waals surface area contributed by atoms with E-state index in [0.717, 1.165) is 19.1 Å². The van der Waals surface area contributed by atoms with E-state index in [0.29, 0.717) is 5.41 Å². The highest BCUT2D eigenvalue weighted by Crippen LogP contribution is 2.27. The van der Waals surface area contributed by atoms with Crippen molar-refractivity contribution in [2.24, 2.45) is 5.41 Å². The summed E-state index contributed by atoms with van der Waals surface area (Å²) in [6, 6.07) is 0.854. The van der Waals surface area contributed by atoms with Crippen molar-refractivity contribution in [1.82, 2.24) is 10.2 Å². The number of nitrogens with one attached hydrogen (secondary N) is 1. The van der Waals surface area contributed by atoms with E-state index in [1.165, 1.54) is 38.8 Å². The summed E-state index contributed by atoms with van der Waals surface area (Å²) < 4.78 is 0. The van der Waals surface area contributed by atoms with Crippen molar-refractivity contribution in [3.8, 4) is 0 Å². The smallest absolute Gasteiger partial charge is 0.00933 e. The molecule has 1 heterocycles. The number of nitrogens with zero attached hydrogens (tertiary/aromatic N) is 1. The topological polar surface area (TPSA) is 15.3 Å². The largest absolute Gasteiger partial charge is 0.316 e. The highest BCUT2D eigenvalue weighted by atomic mass is 15.2. The van der Waals surface area contributed by atoms with Crippen molar-refractivity contribution >= 4 is 0 Å². The highest BCUT2D eigenvalue weighted by Gasteiger charge is 2.30. The Hall–Kier alpha value is -0.0800. The van der Waals surface area contributed by atoms with E-state index in [-0.39, 0.29) is 0 Å². The molecule has 0 radical (unpaired) electrons. The normalized spacial score (nSPS) is 25.9. The van der Waals surface area contributed by atoms with E-state index in [1.807, 2.05) is 0 Å². The van der Waals surface area contributed by atoms with Crippen LogP contribution in [0.2, 0.25) is 0 Å². The van der Waals surface area contributed by atoms with Gasteiger partial charge in [-0.15, -0.1) is 0 Å². The quantitative estimate of drug-likeness (QED) is 0.718. The molecule has 96 valence electrons. The monoisotopic (exact) mass is 226 g/mol. The molecule has 0 bridgehead atoms. The third-order valence-corrected chi connectivity index (χ3v) is 4.21. The molecule has 2 nitrogen and oxygen atoms in total. The Bertz CT molecular complexity index is 193. The standard InChI is InChI=1S/C14H30N2/c1-5-13-9-8-10-16(13)12-14(4,6-2)11-15-7-3/h13,15H,5-12H2,1-4H3. The lowest BCUT2D eigenvalue weighted by Gasteiger charge is -2.36. The minimum absolute atomic E-state index is 0.452. The number of likely N-dealkylation sites (tertiary alicyclic amines) is 1. The molecule has 2 atom stereocenters. The van der Waals surface area contributed by atoms with Gasteiger partial charge in [0, 0.05) is 19.1 Å². The Morgan fingerprint density at radius 1 is 1.31 bits per heavy atom. The van der Waals surface area contributed by atoms with Gasteiger partial charge in [0.1, 0.15) is 0 Å². The van der Waals surface area contributed by atoms with Crippen molar-refractivity contribution < 1.29 is 0 Å². The molecule has 1 aliphatic heterocycles. The lowest BCUT2D eigenvalue weighted by atomic mass is 9.86. The van der Waals surface area contributed by atoms with Crippen molar-refractivity contribution in [3.05, 3.63) is 0 Å². The molecule has 1 fully saturated rings. The van der Waals surface area contributed by atoms with Gasteiger partial charge in [0.25, 0.3) is 0 Å². The van der Waals surface area contributed by atoms with Crippen LogP contribution in [-0.2, 0) is 0 Å². The molecule has 1 N–H and O–H groups in total.